The van der Waals surface area contributed by atoms with Gasteiger partial charge in [-0.3, -0.25) is 4.68 Å². The largest absolute Gasteiger partial charge is 0.271 e. The summed E-state index contributed by atoms with van der Waals surface area (Å²) in [7, 11) is -1.22. The lowest BCUT2D eigenvalue weighted by molar-refractivity contribution is 0.378. The van der Waals surface area contributed by atoms with Gasteiger partial charge in [0, 0.05) is 13.6 Å². The molecule has 1 aromatic rings. The number of nitrogens with zero attached hydrogens (tertiary/aromatic N) is 3. The lowest BCUT2D eigenvalue weighted by atomic mass is 10.1. The Morgan fingerprint density at radius 3 is 2.78 bits per heavy atom. The van der Waals surface area contributed by atoms with Crippen LogP contribution >= 0.6 is 0 Å². The van der Waals surface area contributed by atoms with Crippen LogP contribution in [-0.4, -0.2) is 34.8 Å². The molecule has 0 unspecified atom stereocenters. The number of rotatable bonds is 4. The molecule has 1 aliphatic heterocycles. The minimum atomic E-state index is -3.10. The summed E-state index contributed by atoms with van der Waals surface area (Å²) in [4.78, 5) is 0. The second kappa shape index (κ2) is 5.01. The molecule has 0 saturated heterocycles. The zero-order valence-electron chi connectivity index (χ0n) is 11.3. The van der Waals surface area contributed by atoms with Gasteiger partial charge in [0.25, 0.3) is 0 Å². The van der Waals surface area contributed by atoms with E-state index in [4.69, 9.17) is 0 Å². The summed E-state index contributed by atoms with van der Waals surface area (Å²) in [6.45, 7) is 5.05. The van der Waals surface area contributed by atoms with Crippen LogP contribution in [0.3, 0.4) is 0 Å². The molecule has 0 bridgehead atoms. The predicted octanol–water partition coefficient (Wildman–Crippen LogP) is 1.22. The normalized spacial score (nSPS) is 16.8. The fraction of sp³-hybridized carbons (Fsp3) is 0.750. The first-order valence-electron chi connectivity index (χ1n) is 6.45. The lowest BCUT2D eigenvalue weighted by Crippen LogP contribution is -2.38. The van der Waals surface area contributed by atoms with Gasteiger partial charge in [-0.05, 0) is 25.3 Å². The topological polar surface area (TPSA) is 55.2 Å². The second-order valence-corrected chi connectivity index (χ2v) is 6.98. The molecule has 6 heteroatoms. The average molecular weight is 271 g/mol. The quantitative estimate of drug-likeness (QED) is 0.827. The maximum absolute atomic E-state index is 12.2. The molecule has 1 aliphatic rings. The Labute approximate surface area is 109 Å². The van der Waals surface area contributed by atoms with E-state index in [9.17, 15) is 8.42 Å². The highest BCUT2D eigenvalue weighted by atomic mass is 32.2. The van der Waals surface area contributed by atoms with Crippen LogP contribution < -0.4 is 0 Å². The van der Waals surface area contributed by atoms with E-state index in [1.165, 1.54) is 5.56 Å². The molecule has 0 atom stereocenters. The van der Waals surface area contributed by atoms with E-state index in [0.717, 1.165) is 30.7 Å². The van der Waals surface area contributed by atoms with Crippen molar-refractivity contribution in [2.45, 2.75) is 39.7 Å². The van der Waals surface area contributed by atoms with Crippen molar-refractivity contribution < 1.29 is 8.42 Å². The van der Waals surface area contributed by atoms with Gasteiger partial charge < -0.3 is 0 Å². The predicted molar refractivity (Wildman–Crippen MR) is 70.8 cm³/mol. The maximum atomic E-state index is 12.2. The van der Waals surface area contributed by atoms with Crippen LogP contribution in [0.4, 0.5) is 0 Å². The molecular weight excluding hydrogens is 250 g/mol. The molecule has 0 N–H and O–H groups in total. The molecule has 18 heavy (non-hydrogen) atoms. The Balaban J connectivity index is 2.19. The molecule has 0 fully saturated rings. The summed E-state index contributed by atoms with van der Waals surface area (Å²) in [5.41, 5.74) is 3.29. The van der Waals surface area contributed by atoms with Crippen molar-refractivity contribution in [1.82, 2.24) is 14.1 Å². The van der Waals surface area contributed by atoms with Crippen LogP contribution in [0, 0.1) is 6.92 Å². The fourth-order valence-corrected chi connectivity index (χ4v) is 4.05. The molecule has 0 spiro atoms. The van der Waals surface area contributed by atoms with Crippen molar-refractivity contribution in [3.63, 3.8) is 0 Å². The average Bonchev–Trinajstić information content (AvgIpc) is 2.62. The first-order valence-corrected chi connectivity index (χ1v) is 8.05. The van der Waals surface area contributed by atoms with Crippen molar-refractivity contribution in [3.8, 4) is 0 Å². The molecule has 2 rings (SSSR count). The first kappa shape index (κ1) is 13.5. The standard InChI is InChI=1S/C12H21N3O2S/c1-4-5-8-18(16,17)15-7-6-11-10(2)13-14(3)12(11)9-15/h4-9H2,1-3H3. The second-order valence-electron chi connectivity index (χ2n) is 4.89. The van der Waals surface area contributed by atoms with Crippen LogP contribution in [0.1, 0.15) is 36.7 Å². The molecule has 0 aromatic carbocycles. The zero-order chi connectivity index (χ0) is 13.3. The maximum Gasteiger partial charge on any atom is 0.214 e. The molecule has 102 valence electrons. The number of aromatic nitrogens is 2. The van der Waals surface area contributed by atoms with E-state index in [1.54, 1.807) is 4.31 Å². The zero-order valence-corrected chi connectivity index (χ0v) is 12.1. The van der Waals surface area contributed by atoms with Crippen molar-refractivity contribution in [1.29, 1.82) is 0 Å². The number of fused-ring (bicyclic) bond motifs is 1. The highest BCUT2D eigenvalue weighted by molar-refractivity contribution is 7.89. The highest BCUT2D eigenvalue weighted by Gasteiger charge is 2.29. The summed E-state index contributed by atoms with van der Waals surface area (Å²) in [5, 5.41) is 4.37. The molecule has 0 radical (unpaired) electrons. The van der Waals surface area contributed by atoms with Crippen molar-refractivity contribution in [3.05, 3.63) is 17.0 Å². The molecule has 0 amide bonds. The molecule has 0 aliphatic carbocycles. The minimum Gasteiger partial charge on any atom is -0.271 e. The van der Waals surface area contributed by atoms with Gasteiger partial charge in [0.2, 0.25) is 10.0 Å². The van der Waals surface area contributed by atoms with Gasteiger partial charge in [-0.15, -0.1) is 0 Å². The molecule has 2 heterocycles. The van der Waals surface area contributed by atoms with Crippen LogP contribution in [-0.2, 0) is 30.0 Å². The lowest BCUT2D eigenvalue weighted by Gasteiger charge is -2.26. The number of hydrogen-bond donors (Lipinski definition) is 0. The van der Waals surface area contributed by atoms with Gasteiger partial charge in [0.05, 0.1) is 23.7 Å². The molecular formula is C12H21N3O2S. The van der Waals surface area contributed by atoms with Gasteiger partial charge in [0.1, 0.15) is 0 Å². The van der Waals surface area contributed by atoms with Crippen molar-refractivity contribution >= 4 is 10.0 Å². The van der Waals surface area contributed by atoms with Gasteiger partial charge in [-0.25, -0.2) is 8.42 Å². The van der Waals surface area contributed by atoms with Gasteiger partial charge in [-0.1, -0.05) is 13.3 Å². The summed E-state index contributed by atoms with van der Waals surface area (Å²) in [5.74, 6) is 0.260. The number of unbranched alkanes of at least 4 members (excludes halogenated alkanes) is 1. The van der Waals surface area contributed by atoms with Gasteiger partial charge in [0.15, 0.2) is 0 Å². The van der Waals surface area contributed by atoms with Crippen LogP contribution in [0.5, 0.6) is 0 Å². The SMILES string of the molecule is CCCCS(=O)(=O)N1CCc2c(C)nn(C)c2C1. The van der Waals surface area contributed by atoms with Crippen LogP contribution in [0.2, 0.25) is 0 Å². The highest BCUT2D eigenvalue weighted by Crippen LogP contribution is 2.23. The molecule has 0 saturated carbocycles. The van der Waals surface area contributed by atoms with E-state index < -0.39 is 10.0 Å². The third-order valence-electron chi connectivity index (χ3n) is 3.56. The summed E-state index contributed by atoms with van der Waals surface area (Å²) in [6.07, 6.45) is 2.42. The third-order valence-corrected chi connectivity index (χ3v) is 5.47. The molecule has 5 nitrogen and oxygen atoms in total. The Morgan fingerprint density at radius 2 is 2.11 bits per heavy atom. The third kappa shape index (κ3) is 2.44. The smallest absolute Gasteiger partial charge is 0.214 e. The first-order chi connectivity index (χ1) is 8.45. The summed E-state index contributed by atoms with van der Waals surface area (Å²) < 4.78 is 27.8. The Bertz CT molecular complexity index is 534. The van der Waals surface area contributed by atoms with Crippen LogP contribution in [0.25, 0.3) is 0 Å². The Hall–Kier alpha value is -0.880. The van der Waals surface area contributed by atoms with Gasteiger partial charge in [-0.2, -0.15) is 9.40 Å². The van der Waals surface area contributed by atoms with E-state index in [0.29, 0.717) is 13.1 Å². The van der Waals surface area contributed by atoms with Crippen molar-refractivity contribution in [2.24, 2.45) is 7.05 Å². The van der Waals surface area contributed by atoms with E-state index in [-0.39, 0.29) is 5.75 Å². The van der Waals surface area contributed by atoms with E-state index >= 15 is 0 Å². The Kier molecular flexibility index (Phi) is 3.77. The van der Waals surface area contributed by atoms with E-state index in [1.807, 2.05) is 25.6 Å². The van der Waals surface area contributed by atoms with Crippen LogP contribution in [0.15, 0.2) is 0 Å². The monoisotopic (exact) mass is 271 g/mol. The minimum absolute atomic E-state index is 0.260. The number of sulfonamides is 1. The Morgan fingerprint density at radius 1 is 1.39 bits per heavy atom. The van der Waals surface area contributed by atoms with E-state index in [2.05, 4.69) is 5.10 Å². The van der Waals surface area contributed by atoms with Gasteiger partial charge >= 0.3 is 0 Å². The fourth-order valence-electron chi connectivity index (χ4n) is 2.45. The van der Waals surface area contributed by atoms with Crippen molar-refractivity contribution in [2.75, 3.05) is 12.3 Å². The number of hydrogen-bond acceptors (Lipinski definition) is 3. The number of aryl methyl sites for hydroxylation is 2. The summed E-state index contributed by atoms with van der Waals surface area (Å²) in [6, 6.07) is 0. The summed E-state index contributed by atoms with van der Waals surface area (Å²) >= 11 is 0. The molecule has 1 aromatic heterocycles.